The third kappa shape index (κ3) is 3.57. The van der Waals surface area contributed by atoms with Gasteiger partial charge < -0.3 is 9.52 Å². The maximum atomic E-state index is 13.0. The molecule has 0 atom stereocenters. The van der Waals surface area contributed by atoms with E-state index in [2.05, 4.69) is 0 Å². The van der Waals surface area contributed by atoms with Crippen molar-refractivity contribution in [2.24, 2.45) is 0 Å². The van der Waals surface area contributed by atoms with Crippen LogP contribution in [-0.2, 0) is 6.42 Å². The number of carbonyl (C=O) groups is 1. The van der Waals surface area contributed by atoms with E-state index in [-0.39, 0.29) is 22.2 Å². The summed E-state index contributed by atoms with van der Waals surface area (Å²) < 4.78 is 18.9. The minimum atomic E-state index is -1.09. The zero-order valence-corrected chi connectivity index (χ0v) is 14.2. The molecule has 0 saturated heterocycles. The molecular weight excluding hydrogens is 335 g/mol. The lowest BCUT2D eigenvalue weighted by atomic mass is 10.0. The number of aromatic carboxylic acids is 1. The number of benzene rings is 2. The van der Waals surface area contributed by atoms with Gasteiger partial charge in [-0.05, 0) is 48.4 Å². The molecular formula is C21H17FO4. The summed E-state index contributed by atoms with van der Waals surface area (Å²) >= 11 is 0. The second kappa shape index (κ2) is 7.35. The maximum Gasteiger partial charge on any atom is 0.335 e. The minimum absolute atomic E-state index is 0.0434. The summed E-state index contributed by atoms with van der Waals surface area (Å²) in [6.07, 6.45) is 4.68. The van der Waals surface area contributed by atoms with Gasteiger partial charge in [0.25, 0.3) is 0 Å². The van der Waals surface area contributed by atoms with Crippen LogP contribution in [0.3, 0.4) is 0 Å². The largest absolute Gasteiger partial charge is 0.478 e. The molecule has 0 aliphatic rings. The van der Waals surface area contributed by atoms with Crippen molar-refractivity contribution in [1.29, 1.82) is 0 Å². The van der Waals surface area contributed by atoms with Crippen LogP contribution >= 0.6 is 0 Å². The molecule has 0 amide bonds. The molecule has 0 unspecified atom stereocenters. The van der Waals surface area contributed by atoms with Crippen LogP contribution in [0.4, 0.5) is 4.39 Å². The van der Waals surface area contributed by atoms with Crippen molar-refractivity contribution in [2.45, 2.75) is 19.8 Å². The zero-order chi connectivity index (χ0) is 18.7. The Labute approximate surface area is 149 Å². The number of halogens is 1. The van der Waals surface area contributed by atoms with Gasteiger partial charge in [-0.15, -0.1) is 0 Å². The average molecular weight is 352 g/mol. The molecule has 3 aromatic rings. The highest BCUT2D eigenvalue weighted by Gasteiger charge is 2.14. The molecule has 3 rings (SSSR count). The van der Waals surface area contributed by atoms with Gasteiger partial charge in [-0.2, -0.15) is 0 Å². The van der Waals surface area contributed by atoms with Gasteiger partial charge in [0.1, 0.15) is 17.2 Å². The highest BCUT2D eigenvalue weighted by Crippen LogP contribution is 2.21. The normalized spacial score (nSPS) is 11.3. The number of rotatable bonds is 5. The molecule has 132 valence electrons. The van der Waals surface area contributed by atoms with Crippen molar-refractivity contribution in [2.75, 3.05) is 0 Å². The molecule has 0 radical (unpaired) electrons. The third-order valence-electron chi connectivity index (χ3n) is 4.06. The predicted octanol–water partition coefficient (Wildman–Crippen LogP) is 4.75. The first kappa shape index (κ1) is 17.6. The Kier molecular flexibility index (Phi) is 4.98. The van der Waals surface area contributed by atoms with Crippen molar-refractivity contribution < 1.29 is 18.7 Å². The highest BCUT2D eigenvalue weighted by atomic mass is 19.1. The second-order valence-corrected chi connectivity index (χ2v) is 5.92. The van der Waals surface area contributed by atoms with Crippen LogP contribution in [0.25, 0.3) is 23.1 Å². The van der Waals surface area contributed by atoms with Gasteiger partial charge in [0.15, 0.2) is 5.43 Å². The van der Waals surface area contributed by atoms with E-state index in [1.165, 1.54) is 30.3 Å². The number of carboxylic acid groups (broad SMARTS) is 1. The van der Waals surface area contributed by atoms with E-state index in [4.69, 9.17) is 9.52 Å². The van der Waals surface area contributed by atoms with Crippen LogP contribution in [0.15, 0.2) is 51.7 Å². The minimum Gasteiger partial charge on any atom is -0.478 e. The van der Waals surface area contributed by atoms with Gasteiger partial charge in [-0.25, -0.2) is 9.18 Å². The molecule has 0 aliphatic carbocycles. The van der Waals surface area contributed by atoms with Gasteiger partial charge in [0, 0.05) is 5.56 Å². The molecule has 1 N–H and O–H groups in total. The summed E-state index contributed by atoms with van der Waals surface area (Å²) in [5.74, 6) is -0.985. The van der Waals surface area contributed by atoms with E-state index in [0.29, 0.717) is 23.3 Å². The second-order valence-electron chi connectivity index (χ2n) is 5.92. The van der Waals surface area contributed by atoms with Crippen LogP contribution in [-0.4, -0.2) is 11.1 Å². The fourth-order valence-electron chi connectivity index (χ4n) is 2.75. The number of carboxylic acids is 1. The summed E-state index contributed by atoms with van der Waals surface area (Å²) in [6, 6.07) is 10.2. The number of fused-ring (bicyclic) bond motifs is 1. The highest BCUT2D eigenvalue weighted by molar-refractivity contribution is 5.93. The SMILES string of the molecule is CCCc1c(C=Cc2ccc(F)cc2)oc2ccc(C(=O)O)cc2c1=O. The topological polar surface area (TPSA) is 67.5 Å². The molecule has 2 aromatic carbocycles. The number of hydrogen-bond donors (Lipinski definition) is 1. The molecule has 5 heteroatoms. The van der Waals surface area contributed by atoms with Crippen LogP contribution in [0, 0.1) is 5.82 Å². The Bertz CT molecular complexity index is 1050. The maximum absolute atomic E-state index is 13.0. The van der Waals surface area contributed by atoms with Crippen LogP contribution in [0.5, 0.6) is 0 Å². The first-order chi connectivity index (χ1) is 12.5. The Morgan fingerprint density at radius 2 is 1.88 bits per heavy atom. The van der Waals surface area contributed by atoms with E-state index in [1.807, 2.05) is 6.92 Å². The fourth-order valence-corrected chi connectivity index (χ4v) is 2.75. The van der Waals surface area contributed by atoms with Crippen molar-refractivity contribution >= 4 is 29.1 Å². The molecule has 0 fully saturated rings. The zero-order valence-electron chi connectivity index (χ0n) is 14.2. The summed E-state index contributed by atoms with van der Waals surface area (Å²) in [4.78, 5) is 24.0. The summed E-state index contributed by atoms with van der Waals surface area (Å²) in [6.45, 7) is 1.95. The van der Waals surface area contributed by atoms with Gasteiger partial charge >= 0.3 is 5.97 Å². The monoisotopic (exact) mass is 352 g/mol. The smallest absolute Gasteiger partial charge is 0.335 e. The molecule has 1 heterocycles. The lowest BCUT2D eigenvalue weighted by molar-refractivity contribution is 0.0697. The van der Waals surface area contributed by atoms with E-state index < -0.39 is 5.97 Å². The molecule has 0 spiro atoms. The third-order valence-corrected chi connectivity index (χ3v) is 4.06. The van der Waals surface area contributed by atoms with Gasteiger partial charge in [0.05, 0.1) is 10.9 Å². The quantitative estimate of drug-likeness (QED) is 0.719. The molecule has 0 bridgehead atoms. The first-order valence-electron chi connectivity index (χ1n) is 8.26. The Balaban J connectivity index is 2.13. The Hall–Kier alpha value is -3.21. The van der Waals surface area contributed by atoms with E-state index in [0.717, 1.165) is 12.0 Å². The van der Waals surface area contributed by atoms with Gasteiger partial charge in [0.2, 0.25) is 0 Å². The average Bonchev–Trinajstić information content (AvgIpc) is 2.63. The predicted molar refractivity (Wildman–Crippen MR) is 98.8 cm³/mol. The van der Waals surface area contributed by atoms with E-state index in [9.17, 15) is 14.0 Å². The molecule has 4 nitrogen and oxygen atoms in total. The van der Waals surface area contributed by atoms with Crippen molar-refractivity contribution in [3.63, 3.8) is 0 Å². The van der Waals surface area contributed by atoms with Gasteiger partial charge in [-0.1, -0.05) is 31.6 Å². The van der Waals surface area contributed by atoms with E-state index >= 15 is 0 Å². The van der Waals surface area contributed by atoms with Crippen LogP contribution < -0.4 is 5.43 Å². The lowest BCUT2D eigenvalue weighted by Crippen LogP contribution is -2.12. The van der Waals surface area contributed by atoms with Crippen molar-refractivity contribution in [3.05, 3.63) is 81.0 Å². The van der Waals surface area contributed by atoms with E-state index in [1.54, 1.807) is 24.3 Å². The summed E-state index contributed by atoms with van der Waals surface area (Å²) in [7, 11) is 0. The summed E-state index contributed by atoms with van der Waals surface area (Å²) in [5.41, 5.74) is 1.43. The van der Waals surface area contributed by atoms with Gasteiger partial charge in [-0.3, -0.25) is 4.79 Å². The van der Waals surface area contributed by atoms with Crippen molar-refractivity contribution in [1.82, 2.24) is 0 Å². The van der Waals surface area contributed by atoms with Crippen LogP contribution in [0.2, 0.25) is 0 Å². The molecule has 1 aromatic heterocycles. The van der Waals surface area contributed by atoms with Crippen LogP contribution in [0.1, 0.15) is 40.6 Å². The lowest BCUT2D eigenvalue weighted by Gasteiger charge is -2.07. The molecule has 0 saturated carbocycles. The Morgan fingerprint density at radius 3 is 2.54 bits per heavy atom. The number of hydrogen-bond acceptors (Lipinski definition) is 3. The molecule has 26 heavy (non-hydrogen) atoms. The van der Waals surface area contributed by atoms with Crippen molar-refractivity contribution in [3.8, 4) is 0 Å². The fraction of sp³-hybridized carbons (Fsp3) is 0.143. The Morgan fingerprint density at radius 1 is 1.15 bits per heavy atom. The molecule has 0 aliphatic heterocycles. The standard InChI is InChI=1S/C21H17FO4/c1-2-3-16-18(10-6-13-4-8-15(22)9-5-13)26-19-11-7-14(21(24)25)12-17(19)20(16)23/h4-12H,2-3H2,1H3,(H,24,25). The first-order valence-corrected chi connectivity index (χ1v) is 8.26. The summed E-state index contributed by atoms with van der Waals surface area (Å²) in [5, 5.41) is 9.38.